The number of carbonyl (C=O) groups excluding carboxylic acids is 1. The third-order valence-corrected chi connectivity index (χ3v) is 4.58. The third kappa shape index (κ3) is 4.23. The molecule has 1 N–H and O–H groups in total. The standard InChI is InChI=1S/C20H22N4O/c1-15-2-7-19(23-13-15)20(25)24(18-8-10-22-11-9-18)14-17-5-3-16(12-21)4-6-17/h2-7,13,18,22H,8-11,14H2,1H3. The van der Waals surface area contributed by atoms with Crippen LogP contribution in [0.4, 0.5) is 0 Å². The van der Waals surface area contributed by atoms with E-state index in [1.54, 1.807) is 24.4 Å². The number of nitrogens with one attached hydrogen (secondary N) is 1. The van der Waals surface area contributed by atoms with Crippen LogP contribution in [0.3, 0.4) is 0 Å². The average Bonchev–Trinajstić information content (AvgIpc) is 2.67. The highest BCUT2D eigenvalue weighted by atomic mass is 16.2. The summed E-state index contributed by atoms with van der Waals surface area (Å²) in [4.78, 5) is 19.3. The minimum absolute atomic E-state index is 0.0312. The van der Waals surface area contributed by atoms with Crippen molar-refractivity contribution < 1.29 is 4.79 Å². The van der Waals surface area contributed by atoms with Gasteiger partial charge in [0.25, 0.3) is 5.91 Å². The summed E-state index contributed by atoms with van der Waals surface area (Å²) < 4.78 is 0. The molecule has 0 radical (unpaired) electrons. The van der Waals surface area contributed by atoms with Crippen LogP contribution in [0.2, 0.25) is 0 Å². The lowest BCUT2D eigenvalue weighted by atomic mass is 10.0. The number of carbonyl (C=O) groups is 1. The van der Waals surface area contributed by atoms with E-state index in [0.717, 1.165) is 37.1 Å². The van der Waals surface area contributed by atoms with Crippen molar-refractivity contribution in [3.63, 3.8) is 0 Å². The number of rotatable bonds is 4. The molecule has 0 saturated carbocycles. The fraction of sp³-hybridized carbons (Fsp3) is 0.350. The molecule has 0 spiro atoms. The molecular formula is C20H22N4O. The van der Waals surface area contributed by atoms with Crippen LogP contribution < -0.4 is 5.32 Å². The molecule has 0 unspecified atom stereocenters. The quantitative estimate of drug-likeness (QED) is 0.933. The second-order valence-electron chi connectivity index (χ2n) is 6.44. The molecular weight excluding hydrogens is 312 g/mol. The fourth-order valence-corrected chi connectivity index (χ4v) is 3.11. The van der Waals surface area contributed by atoms with E-state index in [2.05, 4.69) is 16.4 Å². The Bertz CT molecular complexity index is 756. The molecule has 1 fully saturated rings. The number of aromatic nitrogens is 1. The second kappa shape index (κ2) is 7.91. The van der Waals surface area contributed by atoms with Gasteiger partial charge in [0, 0.05) is 18.8 Å². The molecule has 1 aliphatic heterocycles. The smallest absolute Gasteiger partial charge is 0.272 e. The van der Waals surface area contributed by atoms with Gasteiger partial charge in [0.15, 0.2) is 0 Å². The van der Waals surface area contributed by atoms with Crippen LogP contribution in [0.5, 0.6) is 0 Å². The molecule has 1 amide bonds. The van der Waals surface area contributed by atoms with Crippen LogP contribution in [-0.2, 0) is 6.54 Å². The zero-order valence-corrected chi connectivity index (χ0v) is 14.4. The van der Waals surface area contributed by atoms with Crippen molar-refractivity contribution >= 4 is 5.91 Å². The Balaban J connectivity index is 1.84. The van der Waals surface area contributed by atoms with Gasteiger partial charge >= 0.3 is 0 Å². The van der Waals surface area contributed by atoms with Gasteiger partial charge in [-0.05, 0) is 62.2 Å². The molecule has 0 aliphatic carbocycles. The molecule has 0 atom stereocenters. The van der Waals surface area contributed by atoms with E-state index in [4.69, 9.17) is 5.26 Å². The molecule has 5 heteroatoms. The van der Waals surface area contributed by atoms with Gasteiger partial charge in [0.1, 0.15) is 5.69 Å². The Morgan fingerprint density at radius 1 is 1.24 bits per heavy atom. The van der Waals surface area contributed by atoms with E-state index >= 15 is 0 Å². The zero-order chi connectivity index (χ0) is 17.6. The monoisotopic (exact) mass is 334 g/mol. The van der Waals surface area contributed by atoms with E-state index in [9.17, 15) is 4.79 Å². The zero-order valence-electron chi connectivity index (χ0n) is 14.4. The van der Waals surface area contributed by atoms with Crippen molar-refractivity contribution in [1.29, 1.82) is 5.26 Å². The van der Waals surface area contributed by atoms with Crippen LogP contribution >= 0.6 is 0 Å². The number of hydrogen-bond acceptors (Lipinski definition) is 4. The molecule has 128 valence electrons. The van der Waals surface area contributed by atoms with Crippen molar-refractivity contribution in [3.05, 3.63) is 65.0 Å². The molecule has 2 heterocycles. The third-order valence-electron chi connectivity index (χ3n) is 4.58. The SMILES string of the molecule is Cc1ccc(C(=O)N(Cc2ccc(C#N)cc2)C2CCNCC2)nc1. The lowest BCUT2D eigenvalue weighted by Gasteiger charge is -2.34. The van der Waals surface area contributed by atoms with Crippen molar-refractivity contribution in [2.24, 2.45) is 0 Å². The maximum atomic E-state index is 13.1. The van der Waals surface area contributed by atoms with Crippen LogP contribution in [0.15, 0.2) is 42.6 Å². The first-order valence-electron chi connectivity index (χ1n) is 8.61. The Morgan fingerprint density at radius 2 is 1.96 bits per heavy atom. The molecule has 5 nitrogen and oxygen atoms in total. The van der Waals surface area contributed by atoms with Crippen LogP contribution in [0, 0.1) is 18.3 Å². The van der Waals surface area contributed by atoms with Crippen LogP contribution in [0.25, 0.3) is 0 Å². The summed E-state index contributed by atoms with van der Waals surface area (Å²) in [6.45, 7) is 4.33. The molecule has 2 aromatic rings. The van der Waals surface area contributed by atoms with E-state index < -0.39 is 0 Å². The van der Waals surface area contributed by atoms with Gasteiger partial charge in [0.2, 0.25) is 0 Å². The van der Waals surface area contributed by atoms with E-state index in [1.807, 2.05) is 30.0 Å². The molecule has 1 saturated heterocycles. The van der Waals surface area contributed by atoms with Crippen molar-refractivity contribution in [3.8, 4) is 6.07 Å². The molecule has 3 rings (SSSR count). The van der Waals surface area contributed by atoms with Gasteiger partial charge in [-0.1, -0.05) is 18.2 Å². The molecule has 1 aromatic heterocycles. The van der Waals surface area contributed by atoms with E-state index in [-0.39, 0.29) is 11.9 Å². The number of nitriles is 1. The van der Waals surface area contributed by atoms with Crippen molar-refractivity contribution in [2.75, 3.05) is 13.1 Å². The average molecular weight is 334 g/mol. The summed E-state index contributed by atoms with van der Waals surface area (Å²) in [5, 5.41) is 12.3. The first-order valence-corrected chi connectivity index (χ1v) is 8.61. The number of amides is 1. The minimum atomic E-state index is -0.0312. The normalized spacial score (nSPS) is 14.7. The minimum Gasteiger partial charge on any atom is -0.330 e. The number of benzene rings is 1. The molecule has 1 aromatic carbocycles. The number of pyridine rings is 1. The molecule has 0 bridgehead atoms. The Hall–Kier alpha value is -2.71. The van der Waals surface area contributed by atoms with Gasteiger partial charge < -0.3 is 10.2 Å². The number of nitrogens with zero attached hydrogens (tertiary/aromatic N) is 3. The first kappa shape index (κ1) is 17.1. The second-order valence-corrected chi connectivity index (χ2v) is 6.44. The Morgan fingerprint density at radius 3 is 2.56 bits per heavy atom. The molecule has 25 heavy (non-hydrogen) atoms. The Labute approximate surface area is 148 Å². The fourth-order valence-electron chi connectivity index (χ4n) is 3.11. The van der Waals surface area contributed by atoms with Crippen molar-refractivity contribution in [2.45, 2.75) is 32.4 Å². The summed E-state index contributed by atoms with van der Waals surface area (Å²) in [5.41, 5.74) is 3.18. The molecule has 1 aliphatic rings. The maximum absolute atomic E-state index is 13.1. The highest BCUT2D eigenvalue weighted by Crippen LogP contribution is 2.19. The van der Waals surface area contributed by atoms with Gasteiger partial charge in [-0.2, -0.15) is 5.26 Å². The predicted octanol–water partition coefficient (Wildman–Crippen LogP) is 2.66. The summed E-state index contributed by atoms with van der Waals surface area (Å²) in [7, 11) is 0. The summed E-state index contributed by atoms with van der Waals surface area (Å²) >= 11 is 0. The lowest BCUT2D eigenvalue weighted by Crippen LogP contribution is -2.46. The van der Waals surface area contributed by atoms with Gasteiger partial charge in [-0.15, -0.1) is 0 Å². The largest absolute Gasteiger partial charge is 0.330 e. The lowest BCUT2D eigenvalue weighted by molar-refractivity contribution is 0.0617. The first-order chi connectivity index (χ1) is 12.2. The number of aryl methyl sites for hydroxylation is 1. The predicted molar refractivity (Wildman–Crippen MR) is 95.9 cm³/mol. The van der Waals surface area contributed by atoms with Gasteiger partial charge in [-0.3, -0.25) is 9.78 Å². The highest BCUT2D eigenvalue weighted by Gasteiger charge is 2.27. The van der Waals surface area contributed by atoms with Crippen LogP contribution in [-0.4, -0.2) is 34.9 Å². The van der Waals surface area contributed by atoms with E-state index in [0.29, 0.717) is 17.8 Å². The Kier molecular flexibility index (Phi) is 5.42. The maximum Gasteiger partial charge on any atom is 0.272 e. The van der Waals surface area contributed by atoms with Gasteiger partial charge in [0.05, 0.1) is 11.6 Å². The highest BCUT2D eigenvalue weighted by molar-refractivity contribution is 5.92. The summed E-state index contributed by atoms with van der Waals surface area (Å²) in [5.74, 6) is -0.0312. The number of hydrogen-bond donors (Lipinski definition) is 1. The summed E-state index contributed by atoms with van der Waals surface area (Å²) in [6, 6.07) is 13.5. The van der Waals surface area contributed by atoms with E-state index in [1.165, 1.54) is 0 Å². The van der Waals surface area contributed by atoms with Crippen molar-refractivity contribution in [1.82, 2.24) is 15.2 Å². The van der Waals surface area contributed by atoms with Crippen LogP contribution in [0.1, 0.15) is 40.0 Å². The number of piperidine rings is 1. The van der Waals surface area contributed by atoms with Gasteiger partial charge in [-0.25, -0.2) is 0 Å². The topological polar surface area (TPSA) is 69.0 Å². The summed E-state index contributed by atoms with van der Waals surface area (Å²) in [6.07, 6.45) is 3.61.